The van der Waals surface area contributed by atoms with Crippen LogP contribution in [0, 0.1) is 0 Å². The van der Waals surface area contributed by atoms with Crippen molar-refractivity contribution in [1.82, 2.24) is 9.78 Å². The molecule has 2 aliphatic rings. The van der Waals surface area contributed by atoms with Crippen LogP contribution in [0.2, 0.25) is 0 Å². The van der Waals surface area contributed by atoms with Crippen LogP contribution in [-0.2, 0) is 20.9 Å². The predicted molar refractivity (Wildman–Crippen MR) is 99.8 cm³/mol. The number of allylic oxidation sites excluding steroid dienone is 3. The van der Waals surface area contributed by atoms with Gasteiger partial charge in [-0.15, -0.1) is 0 Å². The highest BCUT2D eigenvalue weighted by molar-refractivity contribution is 5.89. The molecule has 1 heterocycles. The first-order chi connectivity index (χ1) is 12.8. The van der Waals surface area contributed by atoms with Gasteiger partial charge in [-0.25, -0.2) is 9.59 Å². The second-order valence-corrected chi connectivity index (χ2v) is 6.05. The van der Waals surface area contributed by atoms with E-state index < -0.39 is 11.9 Å². The highest BCUT2D eigenvalue weighted by Crippen LogP contribution is 2.28. The van der Waals surface area contributed by atoms with Crippen LogP contribution in [0.3, 0.4) is 0 Å². The maximum Gasteiger partial charge on any atom is 0.328 e. The molecule has 8 heteroatoms. The Morgan fingerprint density at radius 1 is 1.37 bits per heavy atom. The number of rotatable bonds is 6. The number of carboxylic acid groups (broad SMARTS) is 2. The highest BCUT2D eigenvalue weighted by atomic mass is 16.5. The number of aliphatic carboxylic acids is 2. The topological polar surface area (TPSA) is 128 Å². The van der Waals surface area contributed by atoms with E-state index in [9.17, 15) is 9.59 Å². The summed E-state index contributed by atoms with van der Waals surface area (Å²) in [6.45, 7) is 5.43. The molecular weight excluding hydrogens is 350 g/mol. The van der Waals surface area contributed by atoms with Crippen molar-refractivity contribution >= 4 is 23.6 Å². The fraction of sp³-hybridized carbons (Fsp3) is 0.316. The van der Waals surface area contributed by atoms with Crippen molar-refractivity contribution in [3.8, 4) is 0 Å². The Kier molecular flexibility index (Phi) is 6.73. The molecule has 1 aromatic rings. The Morgan fingerprint density at radius 2 is 2.04 bits per heavy atom. The van der Waals surface area contributed by atoms with Gasteiger partial charge in [0.2, 0.25) is 0 Å². The van der Waals surface area contributed by atoms with Crippen LogP contribution in [0.5, 0.6) is 0 Å². The van der Waals surface area contributed by atoms with Gasteiger partial charge in [0, 0.05) is 29.0 Å². The van der Waals surface area contributed by atoms with E-state index in [1.54, 1.807) is 0 Å². The standard InChI is InChI=1S/C15H19N3O.C4H4O4/c1-3-19-15-6-4-5-11-12(15)7-14-13(11)8-17-18(14)9-10(2)16;5-3(6)1-2-4(7)8/h4,6-8,10H,3,5,9,16H2,1-2H3;1-2H,(H,5,6)(H,7,8)/b;2-1+/t10-;/m0./s1. The van der Waals surface area contributed by atoms with Crippen molar-refractivity contribution in [2.75, 3.05) is 6.61 Å². The molecule has 0 spiro atoms. The lowest BCUT2D eigenvalue weighted by Gasteiger charge is -2.14. The van der Waals surface area contributed by atoms with E-state index in [2.05, 4.69) is 23.3 Å². The van der Waals surface area contributed by atoms with Gasteiger partial charge in [-0.05, 0) is 38.0 Å². The lowest BCUT2D eigenvalue weighted by Crippen LogP contribution is -2.33. The number of carbonyl (C=O) groups is 2. The van der Waals surface area contributed by atoms with Crippen LogP contribution in [0.1, 0.15) is 20.3 Å². The van der Waals surface area contributed by atoms with Gasteiger partial charge in [0.25, 0.3) is 0 Å². The van der Waals surface area contributed by atoms with E-state index >= 15 is 0 Å². The zero-order valence-corrected chi connectivity index (χ0v) is 15.3. The predicted octanol–water partition coefficient (Wildman–Crippen LogP) is 0.137. The van der Waals surface area contributed by atoms with Crippen LogP contribution in [0.25, 0.3) is 11.6 Å². The molecule has 0 saturated heterocycles. The minimum Gasteiger partial charge on any atom is -0.493 e. The molecule has 0 saturated carbocycles. The Hall–Kier alpha value is -3.13. The minimum absolute atomic E-state index is 0.100. The molecule has 0 aliphatic heterocycles. The largest absolute Gasteiger partial charge is 0.493 e. The highest BCUT2D eigenvalue weighted by Gasteiger charge is 2.20. The number of fused-ring (bicyclic) bond motifs is 2. The molecule has 1 aromatic heterocycles. The van der Waals surface area contributed by atoms with E-state index in [0.717, 1.165) is 24.1 Å². The van der Waals surface area contributed by atoms with E-state index in [1.165, 1.54) is 16.4 Å². The zero-order valence-electron chi connectivity index (χ0n) is 15.3. The fourth-order valence-corrected chi connectivity index (χ4v) is 2.80. The number of hydrogen-bond donors (Lipinski definition) is 3. The van der Waals surface area contributed by atoms with Crippen molar-refractivity contribution in [1.29, 1.82) is 0 Å². The van der Waals surface area contributed by atoms with E-state index in [1.807, 2.05) is 24.7 Å². The molecule has 0 unspecified atom stereocenters. The van der Waals surface area contributed by atoms with E-state index in [4.69, 9.17) is 20.7 Å². The van der Waals surface area contributed by atoms with Crippen LogP contribution in [0.15, 0.2) is 41.8 Å². The summed E-state index contributed by atoms with van der Waals surface area (Å²) in [5.74, 6) is -1.55. The van der Waals surface area contributed by atoms with Crippen molar-refractivity contribution < 1.29 is 24.5 Å². The normalized spacial score (nSPS) is 15.6. The van der Waals surface area contributed by atoms with Crippen LogP contribution >= 0.6 is 0 Å². The molecular formula is C19H23N3O5. The Morgan fingerprint density at radius 3 is 2.59 bits per heavy atom. The van der Waals surface area contributed by atoms with Crippen LogP contribution in [-0.4, -0.2) is 44.6 Å². The summed E-state index contributed by atoms with van der Waals surface area (Å²) in [7, 11) is 0. The molecule has 1 atom stereocenters. The third kappa shape index (κ3) is 5.18. The first-order valence-electron chi connectivity index (χ1n) is 8.53. The second kappa shape index (κ2) is 9.00. The molecule has 8 nitrogen and oxygen atoms in total. The summed E-state index contributed by atoms with van der Waals surface area (Å²) in [5, 5.41) is 22.4. The lowest BCUT2D eigenvalue weighted by atomic mass is 9.99. The van der Waals surface area contributed by atoms with Gasteiger partial charge < -0.3 is 20.7 Å². The Bertz CT molecular complexity index is 919. The number of nitrogens with zero attached hydrogens (tertiary/aromatic N) is 2. The molecule has 3 rings (SSSR count). The number of carboxylic acids is 2. The van der Waals surface area contributed by atoms with Gasteiger partial charge in [-0.3, -0.25) is 4.68 Å². The zero-order chi connectivity index (χ0) is 20.0. The second-order valence-electron chi connectivity index (χ2n) is 6.05. The maximum absolute atomic E-state index is 9.55. The molecule has 0 bridgehead atoms. The molecule has 27 heavy (non-hydrogen) atoms. The van der Waals surface area contributed by atoms with E-state index in [-0.39, 0.29) is 6.04 Å². The first-order valence-corrected chi connectivity index (χ1v) is 8.53. The van der Waals surface area contributed by atoms with Gasteiger partial charge in [-0.2, -0.15) is 5.10 Å². The van der Waals surface area contributed by atoms with E-state index in [0.29, 0.717) is 18.8 Å². The number of hydrogen-bond acceptors (Lipinski definition) is 5. The molecule has 0 fully saturated rings. The summed E-state index contributed by atoms with van der Waals surface area (Å²) in [5.41, 5.74) is 8.39. The molecule has 4 N–H and O–H groups in total. The Labute approximate surface area is 156 Å². The third-order valence-corrected chi connectivity index (χ3v) is 3.80. The summed E-state index contributed by atoms with van der Waals surface area (Å²) >= 11 is 0. The molecule has 0 amide bonds. The smallest absolute Gasteiger partial charge is 0.328 e. The van der Waals surface area contributed by atoms with Crippen molar-refractivity contribution in [3.63, 3.8) is 0 Å². The number of aromatic nitrogens is 2. The number of nitrogens with two attached hydrogens (primary N) is 1. The molecule has 0 aromatic carbocycles. The first kappa shape index (κ1) is 20.2. The van der Waals surface area contributed by atoms with Crippen molar-refractivity contribution in [3.05, 3.63) is 52.4 Å². The fourth-order valence-electron chi connectivity index (χ4n) is 2.80. The van der Waals surface area contributed by atoms with Crippen LogP contribution < -0.4 is 16.3 Å². The van der Waals surface area contributed by atoms with Gasteiger partial charge in [-0.1, -0.05) is 6.08 Å². The Balaban J connectivity index is 0.000000279. The van der Waals surface area contributed by atoms with Gasteiger partial charge in [0.1, 0.15) is 5.76 Å². The minimum atomic E-state index is -1.26. The summed E-state index contributed by atoms with van der Waals surface area (Å²) in [4.78, 5) is 19.1. The van der Waals surface area contributed by atoms with Crippen LogP contribution in [0.4, 0.5) is 0 Å². The maximum atomic E-state index is 9.55. The van der Waals surface area contributed by atoms with Crippen molar-refractivity contribution in [2.45, 2.75) is 32.9 Å². The molecule has 0 radical (unpaired) electrons. The number of ether oxygens (including phenoxy) is 1. The average Bonchev–Trinajstić information content (AvgIpc) is 3.14. The summed E-state index contributed by atoms with van der Waals surface area (Å²) < 4.78 is 7.69. The lowest BCUT2D eigenvalue weighted by molar-refractivity contribution is -0.134. The molecule has 2 aliphatic carbocycles. The average molecular weight is 373 g/mol. The summed E-state index contributed by atoms with van der Waals surface area (Å²) in [6, 6.07) is 0.100. The quantitative estimate of drug-likeness (QED) is 0.605. The van der Waals surface area contributed by atoms with Crippen molar-refractivity contribution in [2.24, 2.45) is 5.73 Å². The third-order valence-electron chi connectivity index (χ3n) is 3.80. The van der Waals surface area contributed by atoms with Gasteiger partial charge in [0.05, 0.1) is 24.7 Å². The molecule has 144 valence electrons. The van der Waals surface area contributed by atoms with Gasteiger partial charge in [0.15, 0.2) is 0 Å². The monoisotopic (exact) mass is 373 g/mol. The SMILES string of the molecule is CCOC1=C2C=c3c(cnn3C[C@H](C)N)=C2CC=C1.O=C(O)/C=C/C(=O)O. The van der Waals surface area contributed by atoms with Gasteiger partial charge >= 0.3 is 11.9 Å². The summed E-state index contributed by atoms with van der Waals surface area (Å²) in [6.07, 6.45) is 10.4.